The second kappa shape index (κ2) is 6.77. The van der Waals surface area contributed by atoms with Crippen LogP contribution in [0.25, 0.3) is 0 Å². The van der Waals surface area contributed by atoms with Gasteiger partial charge in [-0.05, 0) is 42.0 Å². The lowest BCUT2D eigenvalue weighted by Gasteiger charge is -2.30. The molecule has 4 N–H and O–H groups in total. The molecule has 0 aliphatic carbocycles. The van der Waals surface area contributed by atoms with Crippen LogP contribution in [0.5, 0.6) is 17.2 Å². The lowest BCUT2D eigenvalue weighted by atomic mass is 10.0. The molecule has 0 aliphatic heterocycles. The number of rotatable bonds is 5. The molecule has 22 heavy (non-hydrogen) atoms. The van der Waals surface area contributed by atoms with Gasteiger partial charge in [-0.1, -0.05) is 11.6 Å². The Morgan fingerprint density at radius 3 is 2.41 bits per heavy atom. The van der Waals surface area contributed by atoms with Crippen LogP contribution in [-0.4, -0.2) is 30.9 Å². The molecule has 0 fully saturated rings. The van der Waals surface area contributed by atoms with E-state index in [-0.39, 0.29) is 22.6 Å². The van der Waals surface area contributed by atoms with E-state index in [1.54, 1.807) is 36.4 Å². The van der Waals surface area contributed by atoms with E-state index in [0.717, 1.165) is 11.3 Å². The summed E-state index contributed by atoms with van der Waals surface area (Å²) in [6.45, 7) is 0.349. The van der Waals surface area contributed by atoms with Crippen LogP contribution in [0.2, 0.25) is 5.02 Å². The van der Waals surface area contributed by atoms with Crippen LogP contribution in [0.15, 0.2) is 36.4 Å². The summed E-state index contributed by atoms with van der Waals surface area (Å²) in [4.78, 5) is 1.97. The van der Waals surface area contributed by atoms with Crippen LogP contribution in [-0.2, 0) is 0 Å². The fraction of sp³-hybridized carbons (Fsp3) is 0.250. The van der Waals surface area contributed by atoms with Gasteiger partial charge in [-0.3, -0.25) is 0 Å². The van der Waals surface area contributed by atoms with Crippen LogP contribution >= 0.6 is 11.6 Å². The third-order valence-corrected chi connectivity index (χ3v) is 3.89. The minimum atomic E-state index is -0.156. The van der Waals surface area contributed by atoms with Gasteiger partial charge in [-0.15, -0.1) is 0 Å². The first-order valence-corrected chi connectivity index (χ1v) is 7.14. The molecule has 0 saturated carbocycles. The second-order valence-electron chi connectivity index (χ2n) is 4.93. The Kier molecular flexibility index (Phi) is 5.00. The van der Waals surface area contributed by atoms with Crippen molar-refractivity contribution in [3.8, 4) is 17.2 Å². The van der Waals surface area contributed by atoms with Crippen molar-refractivity contribution in [2.24, 2.45) is 5.73 Å². The molecule has 2 aromatic rings. The first-order chi connectivity index (χ1) is 10.5. The van der Waals surface area contributed by atoms with Gasteiger partial charge in [0.25, 0.3) is 0 Å². The molecule has 0 aliphatic rings. The summed E-state index contributed by atoms with van der Waals surface area (Å²) in [6, 6.07) is 10.1. The molecule has 1 unspecified atom stereocenters. The van der Waals surface area contributed by atoms with Gasteiger partial charge in [-0.2, -0.15) is 0 Å². The lowest BCUT2D eigenvalue weighted by Crippen LogP contribution is -2.30. The molecule has 0 aromatic heterocycles. The minimum absolute atomic E-state index is 0.0871. The molecule has 118 valence electrons. The number of phenols is 2. The molecule has 0 radical (unpaired) electrons. The van der Waals surface area contributed by atoms with E-state index in [4.69, 9.17) is 22.1 Å². The maximum Gasteiger partial charge on any atom is 0.176 e. The maximum atomic E-state index is 9.83. The van der Waals surface area contributed by atoms with Crippen molar-refractivity contribution in [1.29, 1.82) is 0 Å². The van der Waals surface area contributed by atoms with E-state index >= 15 is 0 Å². The van der Waals surface area contributed by atoms with Crippen molar-refractivity contribution in [2.75, 3.05) is 25.6 Å². The van der Waals surface area contributed by atoms with Crippen LogP contribution in [0.3, 0.4) is 0 Å². The Hall–Kier alpha value is -2.11. The van der Waals surface area contributed by atoms with Gasteiger partial charge in [0.1, 0.15) is 5.75 Å². The fourth-order valence-corrected chi connectivity index (χ4v) is 2.55. The average Bonchev–Trinajstić information content (AvgIpc) is 2.51. The highest BCUT2D eigenvalue weighted by Gasteiger charge is 2.19. The van der Waals surface area contributed by atoms with Crippen LogP contribution < -0.4 is 15.4 Å². The molecular formula is C16H19ClN2O3. The van der Waals surface area contributed by atoms with E-state index in [2.05, 4.69) is 0 Å². The number of nitrogens with zero attached hydrogens (tertiary/aromatic N) is 1. The predicted octanol–water partition coefficient (Wildman–Crippen LogP) is 2.90. The Morgan fingerprint density at radius 2 is 1.86 bits per heavy atom. The number of hydrogen-bond acceptors (Lipinski definition) is 5. The number of likely N-dealkylation sites (N-methyl/N-ethyl adjacent to an activating group) is 1. The lowest BCUT2D eigenvalue weighted by molar-refractivity contribution is 0.372. The third-order valence-electron chi connectivity index (χ3n) is 3.60. The Morgan fingerprint density at radius 1 is 1.23 bits per heavy atom. The molecule has 2 aromatic carbocycles. The largest absolute Gasteiger partial charge is 0.508 e. The van der Waals surface area contributed by atoms with Crippen molar-refractivity contribution >= 4 is 17.3 Å². The third kappa shape index (κ3) is 3.21. The van der Waals surface area contributed by atoms with Crippen LogP contribution in [0.4, 0.5) is 5.69 Å². The summed E-state index contributed by atoms with van der Waals surface area (Å²) in [7, 11) is 3.37. The van der Waals surface area contributed by atoms with Gasteiger partial charge in [0.2, 0.25) is 0 Å². The summed E-state index contributed by atoms with van der Waals surface area (Å²) >= 11 is 6.05. The first-order valence-electron chi connectivity index (χ1n) is 6.76. The Bertz CT molecular complexity index is 647. The highest BCUT2D eigenvalue weighted by molar-refractivity contribution is 6.32. The van der Waals surface area contributed by atoms with Gasteiger partial charge < -0.3 is 25.6 Å². The molecule has 0 spiro atoms. The van der Waals surface area contributed by atoms with Crippen LogP contribution in [0.1, 0.15) is 11.6 Å². The summed E-state index contributed by atoms with van der Waals surface area (Å²) in [5, 5.41) is 19.4. The van der Waals surface area contributed by atoms with Crippen molar-refractivity contribution in [3.63, 3.8) is 0 Å². The van der Waals surface area contributed by atoms with Crippen molar-refractivity contribution in [2.45, 2.75) is 6.04 Å². The zero-order valence-electron chi connectivity index (χ0n) is 12.5. The normalized spacial score (nSPS) is 12.0. The molecule has 0 heterocycles. The average molecular weight is 323 g/mol. The molecule has 2 rings (SSSR count). The van der Waals surface area contributed by atoms with Crippen molar-refractivity contribution in [1.82, 2.24) is 0 Å². The number of aromatic hydroxyl groups is 2. The van der Waals surface area contributed by atoms with Gasteiger partial charge >= 0.3 is 0 Å². The van der Waals surface area contributed by atoms with Gasteiger partial charge in [0.15, 0.2) is 11.5 Å². The van der Waals surface area contributed by atoms with Crippen molar-refractivity contribution in [3.05, 3.63) is 47.0 Å². The summed E-state index contributed by atoms with van der Waals surface area (Å²) in [6.07, 6.45) is 0. The zero-order valence-corrected chi connectivity index (χ0v) is 13.2. The van der Waals surface area contributed by atoms with Gasteiger partial charge in [0, 0.05) is 19.3 Å². The summed E-state index contributed by atoms with van der Waals surface area (Å²) in [5.41, 5.74) is 7.65. The number of methoxy groups -OCH3 is 1. The van der Waals surface area contributed by atoms with E-state index in [0.29, 0.717) is 12.3 Å². The number of phenolic OH excluding ortho intramolecular Hbond substituents is 2. The standard InChI is InChI=1S/C16H19ClN2O3/c1-19(11-3-5-12(20)6-4-11)14(9-18)10-7-13(17)16(21)15(8-10)22-2/h3-8,14,20-21H,9,18H2,1-2H3. The molecule has 6 heteroatoms. The van der Waals surface area contributed by atoms with Gasteiger partial charge in [0.05, 0.1) is 18.2 Å². The topological polar surface area (TPSA) is 79.0 Å². The molecule has 0 bridgehead atoms. The monoisotopic (exact) mass is 322 g/mol. The predicted molar refractivity (Wildman–Crippen MR) is 88.0 cm³/mol. The highest BCUT2D eigenvalue weighted by Crippen LogP contribution is 2.38. The molecule has 0 amide bonds. The maximum absolute atomic E-state index is 9.83. The number of benzene rings is 2. The van der Waals surface area contributed by atoms with E-state index in [9.17, 15) is 10.2 Å². The van der Waals surface area contributed by atoms with Gasteiger partial charge in [-0.25, -0.2) is 0 Å². The first kappa shape index (κ1) is 16.3. The number of nitrogens with two attached hydrogens (primary N) is 1. The van der Waals surface area contributed by atoms with E-state index < -0.39 is 0 Å². The minimum Gasteiger partial charge on any atom is -0.508 e. The Labute approximate surface area is 134 Å². The number of halogens is 1. The van der Waals surface area contributed by atoms with Crippen molar-refractivity contribution < 1.29 is 14.9 Å². The smallest absolute Gasteiger partial charge is 0.176 e. The number of anilines is 1. The number of ether oxygens (including phenoxy) is 1. The van der Waals surface area contributed by atoms with E-state index in [1.807, 2.05) is 11.9 Å². The fourth-order valence-electron chi connectivity index (χ4n) is 2.33. The zero-order chi connectivity index (χ0) is 16.3. The Balaban J connectivity index is 2.39. The molecule has 5 nitrogen and oxygen atoms in total. The highest BCUT2D eigenvalue weighted by atomic mass is 35.5. The molecule has 1 atom stereocenters. The summed E-state index contributed by atoms with van der Waals surface area (Å²) in [5.74, 6) is 0.423. The number of hydrogen-bond donors (Lipinski definition) is 3. The second-order valence-corrected chi connectivity index (χ2v) is 5.34. The van der Waals surface area contributed by atoms with Crippen LogP contribution in [0, 0.1) is 0 Å². The molecule has 0 saturated heterocycles. The van der Waals surface area contributed by atoms with E-state index in [1.165, 1.54) is 7.11 Å². The quantitative estimate of drug-likeness (QED) is 0.789. The SMILES string of the molecule is COc1cc(C(CN)N(C)c2ccc(O)cc2)cc(Cl)c1O. The molecular weight excluding hydrogens is 304 g/mol. The summed E-state index contributed by atoms with van der Waals surface area (Å²) < 4.78 is 5.14.